The van der Waals surface area contributed by atoms with Crippen molar-refractivity contribution >= 4 is 34.3 Å². The summed E-state index contributed by atoms with van der Waals surface area (Å²) in [6.07, 6.45) is 9.54. The van der Waals surface area contributed by atoms with Crippen molar-refractivity contribution in [1.82, 2.24) is 24.5 Å². The molecule has 10 heteroatoms. The van der Waals surface area contributed by atoms with Crippen LogP contribution in [0.4, 0.5) is 27.5 Å². The Bertz CT molecular complexity index is 1480. The highest BCUT2D eigenvalue weighted by Gasteiger charge is 2.16. The third-order valence-corrected chi connectivity index (χ3v) is 5.87. The van der Waals surface area contributed by atoms with Crippen LogP contribution in [0.15, 0.2) is 85.7 Å². The summed E-state index contributed by atoms with van der Waals surface area (Å²) in [5, 5.41) is 13.6. The fourth-order valence-electron chi connectivity index (χ4n) is 3.98. The SMILES string of the molecule is Cc1c(NC(=O)NCCCn2ccnc2)cn2ncc(N)c(Nc3ccc(Oc4ccccc4)cc3)c12. The lowest BCUT2D eigenvalue weighted by Gasteiger charge is -2.13. The second-order valence-corrected chi connectivity index (χ2v) is 8.54. The van der Waals surface area contributed by atoms with Crippen LogP contribution >= 0.6 is 0 Å². The zero-order valence-corrected chi connectivity index (χ0v) is 20.4. The Morgan fingerprint density at radius 1 is 1.08 bits per heavy atom. The fraction of sp³-hybridized carbons (Fsp3) is 0.148. The molecule has 37 heavy (non-hydrogen) atoms. The first-order valence-corrected chi connectivity index (χ1v) is 11.9. The molecule has 0 radical (unpaired) electrons. The highest BCUT2D eigenvalue weighted by Crippen LogP contribution is 2.34. The van der Waals surface area contributed by atoms with Crippen LogP contribution in [0.5, 0.6) is 11.5 Å². The second kappa shape index (κ2) is 10.7. The third-order valence-electron chi connectivity index (χ3n) is 5.87. The molecule has 188 valence electrons. The summed E-state index contributed by atoms with van der Waals surface area (Å²) in [5.41, 5.74) is 10.6. The van der Waals surface area contributed by atoms with E-state index in [4.69, 9.17) is 10.5 Å². The summed E-state index contributed by atoms with van der Waals surface area (Å²) in [5.74, 6) is 1.50. The summed E-state index contributed by atoms with van der Waals surface area (Å²) in [4.78, 5) is 16.5. The Labute approximate surface area is 214 Å². The number of hydrogen-bond donors (Lipinski definition) is 4. The van der Waals surface area contributed by atoms with E-state index in [1.54, 1.807) is 29.4 Å². The van der Waals surface area contributed by atoms with Gasteiger partial charge in [0.1, 0.15) is 11.5 Å². The van der Waals surface area contributed by atoms with Gasteiger partial charge in [-0.3, -0.25) is 0 Å². The second-order valence-electron chi connectivity index (χ2n) is 8.54. The van der Waals surface area contributed by atoms with Crippen LogP contribution in [0.3, 0.4) is 0 Å². The average Bonchev–Trinajstić information content (AvgIpc) is 3.53. The van der Waals surface area contributed by atoms with Gasteiger partial charge >= 0.3 is 6.03 Å². The Hall–Kier alpha value is -4.99. The summed E-state index contributed by atoms with van der Waals surface area (Å²) in [7, 11) is 0. The van der Waals surface area contributed by atoms with Gasteiger partial charge in [0, 0.05) is 36.7 Å². The van der Waals surface area contributed by atoms with Crippen molar-refractivity contribution in [3.63, 3.8) is 0 Å². The molecule has 0 aliphatic rings. The van der Waals surface area contributed by atoms with E-state index in [0.717, 1.165) is 41.2 Å². The molecule has 10 nitrogen and oxygen atoms in total. The molecular weight excluding hydrogens is 468 g/mol. The quantitative estimate of drug-likeness (QED) is 0.209. The maximum absolute atomic E-state index is 12.5. The van der Waals surface area contributed by atoms with Gasteiger partial charge in [0.25, 0.3) is 0 Å². The van der Waals surface area contributed by atoms with Crippen LogP contribution in [0, 0.1) is 6.92 Å². The standard InChI is InChI=1S/C27H28N8O2/c1-19-24(33-27(36)30-12-5-14-34-15-13-29-18-34)17-35-26(19)25(23(28)16-31-35)32-20-8-10-22(11-9-20)37-21-6-3-2-4-7-21/h2-4,6-11,13,15-18,32H,5,12,14,28H2,1H3,(H2,30,33,36). The normalized spacial score (nSPS) is 10.8. The molecule has 0 saturated heterocycles. The highest BCUT2D eigenvalue weighted by atomic mass is 16.5. The van der Waals surface area contributed by atoms with Gasteiger partial charge in [-0.05, 0) is 49.7 Å². The maximum Gasteiger partial charge on any atom is 0.319 e. The lowest BCUT2D eigenvalue weighted by Crippen LogP contribution is -2.30. The van der Waals surface area contributed by atoms with E-state index in [1.807, 2.05) is 72.3 Å². The molecule has 0 aliphatic heterocycles. The minimum atomic E-state index is -0.277. The van der Waals surface area contributed by atoms with Gasteiger partial charge in [-0.25, -0.2) is 14.3 Å². The predicted octanol–water partition coefficient (Wildman–Crippen LogP) is 5.17. The van der Waals surface area contributed by atoms with Crippen molar-refractivity contribution in [2.24, 2.45) is 0 Å². The number of aromatic nitrogens is 4. The molecule has 0 atom stereocenters. The predicted molar refractivity (Wildman–Crippen MR) is 144 cm³/mol. The summed E-state index contributed by atoms with van der Waals surface area (Å²) >= 11 is 0. The van der Waals surface area contributed by atoms with Gasteiger partial charge in [-0.15, -0.1) is 0 Å². The number of fused-ring (bicyclic) bond motifs is 1. The molecule has 0 fully saturated rings. The first-order chi connectivity index (χ1) is 18.1. The average molecular weight is 497 g/mol. The minimum Gasteiger partial charge on any atom is -0.457 e. The largest absolute Gasteiger partial charge is 0.457 e. The van der Waals surface area contributed by atoms with Crippen LogP contribution in [-0.2, 0) is 6.54 Å². The van der Waals surface area contributed by atoms with Crippen molar-refractivity contribution in [2.45, 2.75) is 19.9 Å². The van der Waals surface area contributed by atoms with Gasteiger partial charge < -0.3 is 31.0 Å². The highest BCUT2D eigenvalue weighted by molar-refractivity contribution is 5.96. The van der Waals surface area contributed by atoms with E-state index < -0.39 is 0 Å². The van der Waals surface area contributed by atoms with Crippen molar-refractivity contribution < 1.29 is 9.53 Å². The monoisotopic (exact) mass is 496 g/mol. The molecule has 0 aliphatic carbocycles. The zero-order valence-electron chi connectivity index (χ0n) is 20.4. The van der Waals surface area contributed by atoms with E-state index in [-0.39, 0.29) is 6.03 Å². The third kappa shape index (κ3) is 5.64. The number of urea groups is 1. The number of hydrogen-bond acceptors (Lipinski definition) is 6. The lowest BCUT2D eigenvalue weighted by molar-refractivity contribution is 0.252. The lowest BCUT2D eigenvalue weighted by atomic mass is 10.2. The molecular formula is C27H28N8O2. The molecule has 3 heterocycles. The van der Waals surface area contributed by atoms with E-state index >= 15 is 0 Å². The molecule has 5 rings (SSSR count). The van der Waals surface area contributed by atoms with Gasteiger partial charge in [0.15, 0.2) is 0 Å². The summed E-state index contributed by atoms with van der Waals surface area (Å²) < 4.78 is 9.55. The number of aryl methyl sites for hydroxylation is 2. The van der Waals surface area contributed by atoms with Crippen molar-refractivity contribution in [2.75, 3.05) is 22.9 Å². The van der Waals surface area contributed by atoms with Crippen molar-refractivity contribution in [3.05, 3.63) is 91.3 Å². The molecule has 3 aromatic heterocycles. The number of nitrogens with one attached hydrogen (secondary N) is 3. The van der Waals surface area contributed by atoms with Crippen molar-refractivity contribution in [1.29, 1.82) is 0 Å². The number of benzene rings is 2. The zero-order chi connectivity index (χ0) is 25.6. The Balaban J connectivity index is 1.26. The summed E-state index contributed by atoms with van der Waals surface area (Å²) in [6, 6.07) is 17.0. The number of carbonyl (C=O) groups is 1. The number of imidazole rings is 1. The van der Waals surface area contributed by atoms with Crippen molar-refractivity contribution in [3.8, 4) is 11.5 Å². The maximum atomic E-state index is 12.5. The number of para-hydroxylation sites is 1. The molecule has 5 N–H and O–H groups in total. The van der Waals surface area contributed by atoms with Gasteiger partial charge in [-0.2, -0.15) is 5.10 Å². The number of nitrogens with two attached hydrogens (primary N) is 1. The van der Waals surface area contributed by atoms with Crippen LogP contribution in [0.1, 0.15) is 12.0 Å². The number of nitrogen functional groups attached to an aromatic ring is 1. The first kappa shape index (κ1) is 23.7. The number of rotatable bonds is 9. The molecule has 0 saturated carbocycles. The molecule has 2 amide bonds. The number of carbonyl (C=O) groups excluding carboxylic acids is 1. The molecule has 0 unspecified atom stereocenters. The summed E-state index contributed by atoms with van der Waals surface area (Å²) in [6.45, 7) is 3.25. The molecule has 2 aromatic carbocycles. The van der Waals surface area contributed by atoms with Crippen LogP contribution in [0.25, 0.3) is 5.52 Å². The number of nitrogens with zero attached hydrogens (tertiary/aromatic N) is 4. The van der Waals surface area contributed by atoms with E-state index in [0.29, 0.717) is 23.6 Å². The van der Waals surface area contributed by atoms with Crippen LogP contribution < -0.4 is 26.4 Å². The van der Waals surface area contributed by atoms with E-state index in [1.165, 1.54) is 0 Å². The fourth-order valence-corrected chi connectivity index (χ4v) is 3.98. The Morgan fingerprint density at radius 3 is 2.62 bits per heavy atom. The number of amides is 2. The number of ether oxygens (including phenoxy) is 1. The first-order valence-electron chi connectivity index (χ1n) is 11.9. The Kier molecular flexibility index (Phi) is 6.89. The van der Waals surface area contributed by atoms with Gasteiger partial charge in [0.05, 0.1) is 41.3 Å². The molecule has 0 spiro atoms. The van der Waals surface area contributed by atoms with Crippen LogP contribution in [0.2, 0.25) is 0 Å². The van der Waals surface area contributed by atoms with E-state index in [2.05, 4.69) is 26.0 Å². The smallest absolute Gasteiger partial charge is 0.319 e. The van der Waals surface area contributed by atoms with Gasteiger partial charge in [-0.1, -0.05) is 18.2 Å². The van der Waals surface area contributed by atoms with E-state index in [9.17, 15) is 4.79 Å². The molecule has 0 bridgehead atoms. The minimum absolute atomic E-state index is 0.277. The Morgan fingerprint density at radius 2 is 1.86 bits per heavy atom. The topological polar surface area (TPSA) is 124 Å². The van der Waals surface area contributed by atoms with Gasteiger partial charge in [0.2, 0.25) is 0 Å². The van der Waals surface area contributed by atoms with Crippen LogP contribution in [-0.4, -0.2) is 31.7 Å². The molecule has 5 aromatic rings. The number of anilines is 4.